The normalized spacial score (nSPS) is 16.8. The molecule has 0 aromatic heterocycles. The summed E-state index contributed by atoms with van der Waals surface area (Å²) in [7, 11) is 1.83. The number of ether oxygens (including phenoxy) is 1. The molecule has 0 bridgehead atoms. The Morgan fingerprint density at radius 2 is 1.84 bits per heavy atom. The highest BCUT2D eigenvalue weighted by molar-refractivity contribution is 5.79. The van der Waals surface area contributed by atoms with E-state index in [1.807, 2.05) is 14.0 Å². The van der Waals surface area contributed by atoms with Crippen LogP contribution in [0.2, 0.25) is 0 Å². The molecule has 0 saturated heterocycles. The molecule has 1 fully saturated rings. The van der Waals surface area contributed by atoms with Crippen molar-refractivity contribution in [3.8, 4) is 0 Å². The Balaban J connectivity index is 1.95. The third-order valence-electron chi connectivity index (χ3n) is 3.74. The Hall–Kier alpha value is -0.770. The van der Waals surface area contributed by atoms with Crippen molar-refractivity contribution in [1.82, 2.24) is 10.6 Å². The van der Waals surface area contributed by atoms with Crippen LogP contribution in [0, 0.1) is 5.92 Å². The SMILES string of the molecule is CCOCCCNC(=NC)NCCCC1CCCC1. The number of nitrogens with one attached hydrogen (secondary N) is 2. The van der Waals surface area contributed by atoms with Crippen LogP contribution in [-0.4, -0.2) is 39.3 Å². The van der Waals surface area contributed by atoms with E-state index in [0.717, 1.165) is 44.6 Å². The van der Waals surface area contributed by atoms with Crippen LogP contribution in [-0.2, 0) is 4.74 Å². The Morgan fingerprint density at radius 1 is 1.16 bits per heavy atom. The fourth-order valence-electron chi connectivity index (χ4n) is 2.64. The van der Waals surface area contributed by atoms with E-state index in [4.69, 9.17) is 4.74 Å². The average Bonchev–Trinajstić information content (AvgIpc) is 2.94. The maximum absolute atomic E-state index is 5.30. The van der Waals surface area contributed by atoms with Gasteiger partial charge in [-0.05, 0) is 32.1 Å². The van der Waals surface area contributed by atoms with E-state index >= 15 is 0 Å². The van der Waals surface area contributed by atoms with Crippen molar-refractivity contribution in [2.75, 3.05) is 33.4 Å². The highest BCUT2D eigenvalue weighted by Crippen LogP contribution is 2.28. The minimum absolute atomic E-state index is 0.800. The lowest BCUT2D eigenvalue weighted by atomic mass is 10.0. The molecule has 112 valence electrons. The van der Waals surface area contributed by atoms with Crippen LogP contribution in [0.4, 0.5) is 0 Å². The molecule has 0 amide bonds. The lowest BCUT2D eigenvalue weighted by molar-refractivity contribution is 0.145. The zero-order chi connectivity index (χ0) is 13.8. The first kappa shape index (κ1) is 16.3. The molecule has 0 heterocycles. The van der Waals surface area contributed by atoms with Crippen LogP contribution in [0.25, 0.3) is 0 Å². The molecule has 0 atom stereocenters. The minimum atomic E-state index is 0.800. The van der Waals surface area contributed by atoms with Crippen molar-refractivity contribution in [1.29, 1.82) is 0 Å². The molecule has 1 aliphatic carbocycles. The lowest BCUT2D eigenvalue weighted by Crippen LogP contribution is -2.38. The van der Waals surface area contributed by atoms with Crippen LogP contribution in [0.5, 0.6) is 0 Å². The van der Waals surface area contributed by atoms with Crippen molar-refractivity contribution >= 4 is 5.96 Å². The summed E-state index contributed by atoms with van der Waals surface area (Å²) in [5.41, 5.74) is 0. The second kappa shape index (κ2) is 11.1. The molecule has 0 radical (unpaired) electrons. The van der Waals surface area contributed by atoms with Gasteiger partial charge in [-0.15, -0.1) is 0 Å². The first-order chi connectivity index (χ1) is 9.36. The van der Waals surface area contributed by atoms with Gasteiger partial charge >= 0.3 is 0 Å². The quantitative estimate of drug-likeness (QED) is 0.384. The Labute approximate surface area is 118 Å². The van der Waals surface area contributed by atoms with Gasteiger partial charge in [-0.1, -0.05) is 25.7 Å². The molecular formula is C15H31N3O. The van der Waals surface area contributed by atoms with Gasteiger partial charge in [-0.3, -0.25) is 4.99 Å². The summed E-state index contributed by atoms with van der Waals surface area (Å²) < 4.78 is 5.30. The number of rotatable bonds is 9. The van der Waals surface area contributed by atoms with Crippen molar-refractivity contribution in [2.45, 2.75) is 51.9 Å². The number of hydrogen-bond donors (Lipinski definition) is 2. The third kappa shape index (κ3) is 8.09. The first-order valence-electron chi connectivity index (χ1n) is 7.89. The van der Waals surface area contributed by atoms with Crippen molar-refractivity contribution in [3.63, 3.8) is 0 Å². The monoisotopic (exact) mass is 269 g/mol. The fraction of sp³-hybridized carbons (Fsp3) is 0.933. The van der Waals surface area contributed by atoms with Crippen LogP contribution in [0.1, 0.15) is 51.9 Å². The van der Waals surface area contributed by atoms with Crippen molar-refractivity contribution in [3.05, 3.63) is 0 Å². The Bertz CT molecular complexity index is 238. The molecule has 0 spiro atoms. The van der Waals surface area contributed by atoms with E-state index in [2.05, 4.69) is 15.6 Å². The van der Waals surface area contributed by atoms with Crippen LogP contribution < -0.4 is 10.6 Å². The zero-order valence-electron chi connectivity index (χ0n) is 12.7. The minimum Gasteiger partial charge on any atom is -0.382 e. The van der Waals surface area contributed by atoms with Gasteiger partial charge in [0.2, 0.25) is 0 Å². The predicted octanol–water partition coefficient (Wildman–Crippen LogP) is 2.55. The standard InChI is InChI=1S/C15H31N3O/c1-3-19-13-7-12-18-15(16-2)17-11-6-10-14-8-4-5-9-14/h14H,3-13H2,1-2H3,(H2,16,17,18). The summed E-state index contributed by atoms with van der Waals surface area (Å²) in [6, 6.07) is 0. The summed E-state index contributed by atoms with van der Waals surface area (Å²) in [4.78, 5) is 4.23. The van der Waals surface area contributed by atoms with Gasteiger partial charge in [0.25, 0.3) is 0 Å². The molecule has 1 rings (SSSR count). The van der Waals surface area contributed by atoms with Gasteiger partial charge in [0.15, 0.2) is 5.96 Å². The van der Waals surface area contributed by atoms with Gasteiger partial charge in [-0.2, -0.15) is 0 Å². The fourth-order valence-corrected chi connectivity index (χ4v) is 2.64. The number of aliphatic imine (C=N–C) groups is 1. The maximum atomic E-state index is 5.30. The predicted molar refractivity (Wildman–Crippen MR) is 81.7 cm³/mol. The largest absolute Gasteiger partial charge is 0.382 e. The molecule has 0 unspecified atom stereocenters. The van der Waals surface area contributed by atoms with Gasteiger partial charge in [0.1, 0.15) is 0 Å². The van der Waals surface area contributed by atoms with Gasteiger partial charge in [-0.25, -0.2) is 0 Å². The molecule has 0 aromatic carbocycles. The molecule has 0 aliphatic heterocycles. The maximum Gasteiger partial charge on any atom is 0.190 e. The molecule has 2 N–H and O–H groups in total. The van der Waals surface area contributed by atoms with Gasteiger partial charge in [0, 0.05) is 33.4 Å². The smallest absolute Gasteiger partial charge is 0.190 e. The summed E-state index contributed by atoms with van der Waals surface area (Å²) in [6.45, 7) is 5.60. The van der Waals surface area contributed by atoms with E-state index in [0.29, 0.717) is 0 Å². The second-order valence-electron chi connectivity index (χ2n) is 5.27. The number of nitrogens with zero attached hydrogens (tertiary/aromatic N) is 1. The van der Waals surface area contributed by atoms with E-state index in [-0.39, 0.29) is 0 Å². The van der Waals surface area contributed by atoms with E-state index in [9.17, 15) is 0 Å². The van der Waals surface area contributed by atoms with Crippen molar-refractivity contribution < 1.29 is 4.74 Å². The zero-order valence-corrected chi connectivity index (χ0v) is 12.7. The molecular weight excluding hydrogens is 238 g/mol. The first-order valence-corrected chi connectivity index (χ1v) is 7.89. The van der Waals surface area contributed by atoms with Crippen LogP contribution in [0.3, 0.4) is 0 Å². The molecule has 0 aromatic rings. The molecule has 19 heavy (non-hydrogen) atoms. The highest BCUT2D eigenvalue weighted by atomic mass is 16.5. The summed E-state index contributed by atoms with van der Waals surface area (Å²) in [5.74, 6) is 1.91. The molecule has 1 saturated carbocycles. The Kier molecular flexibility index (Phi) is 9.51. The number of guanidine groups is 1. The van der Waals surface area contributed by atoms with Crippen LogP contribution >= 0.6 is 0 Å². The average molecular weight is 269 g/mol. The second-order valence-corrected chi connectivity index (χ2v) is 5.27. The molecule has 4 nitrogen and oxygen atoms in total. The van der Waals surface area contributed by atoms with Crippen molar-refractivity contribution in [2.24, 2.45) is 10.9 Å². The summed E-state index contributed by atoms with van der Waals surface area (Å²) in [6.07, 6.45) is 9.44. The van der Waals surface area contributed by atoms with Gasteiger partial charge in [0.05, 0.1) is 0 Å². The number of hydrogen-bond acceptors (Lipinski definition) is 2. The molecule has 4 heteroatoms. The third-order valence-corrected chi connectivity index (χ3v) is 3.74. The van der Waals surface area contributed by atoms with E-state index < -0.39 is 0 Å². The highest BCUT2D eigenvalue weighted by Gasteiger charge is 2.13. The van der Waals surface area contributed by atoms with E-state index in [1.165, 1.54) is 38.5 Å². The lowest BCUT2D eigenvalue weighted by Gasteiger charge is -2.13. The van der Waals surface area contributed by atoms with Crippen LogP contribution in [0.15, 0.2) is 4.99 Å². The topological polar surface area (TPSA) is 45.6 Å². The van der Waals surface area contributed by atoms with E-state index in [1.54, 1.807) is 0 Å². The summed E-state index contributed by atoms with van der Waals surface area (Å²) in [5, 5.41) is 6.70. The molecule has 1 aliphatic rings. The summed E-state index contributed by atoms with van der Waals surface area (Å²) >= 11 is 0. The Morgan fingerprint density at radius 3 is 2.47 bits per heavy atom. The van der Waals surface area contributed by atoms with Gasteiger partial charge < -0.3 is 15.4 Å².